The van der Waals surface area contributed by atoms with E-state index in [-0.39, 0.29) is 17.7 Å². The first-order valence-electron chi connectivity index (χ1n) is 8.71. The molecule has 0 aromatic heterocycles. The minimum atomic E-state index is -0.188. The highest BCUT2D eigenvalue weighted by atomic mass is 16.5. The van der Waals surface area contributed by atoms with Crippen molar-refractivity contribution in [3.8, 4) is 0 Å². The molecule has 118 valence electrons. The Balaban J connectivity index is 1.69. The van der Waals surface area contributed by atoms with E-state index in [1.807, 2.05) is 18.2 Å². The Hall–Kier alpha value is -1.35. The molecule has 3 nitrogen and oxygen atoms in total. The summed E-state index contributed by atoms with van der Waals surface area (Å²) in [5, 5.41) is 0. The largest absolute Gasteiger partial charge is 0.351 e. The second-order valence-corrected chi connectivity index (χ2v) is 7.34. The molecule has 1 aromatic rings. The zero-order valence-electron chi connectivity index (χ0n) is 13.3. The first-order valence-corrected chi connectivity index (χ1v) is 8.71. The molecular weight excluding hydrogens is 274 g/mol. The van der Waals surface area contributed by atoms with Gasteiger partial charge in [-0.3, -0.25) is 4.79 Å². The number of nitrogens with zero attached hydrogens (tertiary/aromatic N) is 1. The topological polar surface area (TPSA) is 29.5 Å². The van der Waals surface area contributed by atoms with E-state index < -0.39 is 0 Å². The Labute approximate surface area is 132 Å². The lowest BCUT2D eigenvalue weighted by atomic mass is 9.75. The van der Waals surface area contributed by atoms with Crippen LogP contribution < -0.4 is 0 Å². The third-order valence-corrected chi connectivity index (χ3v) is 6.02. The lowest BCUT2D eigenvalue weighted by Crippen LogP contribution is -2.44. The Bertz CT molecular complexity index is 558. The van der Waals surface area contributed by atoms with Gasteiger partial charge >= 0.3 is 0 Å². The van der Waals surface area contributed by atoms with Gasteiger partial charge in [0.1, 0.15) is 0 Å². The van der Waals surface area contributed by atoms with Crippen LogP contribution in [-0.4, -0.2) is 23.0 Å². The number of carbonyl (C=O) groups excluding carboxylic acids is 1. The van der Waals surface area contributed by atoms with Crippen molar-refractivity contribution in [3.05, 3.63) is 35.9 Å². The van der Waals surface area contributed by atoms with Crippen molar-refractivity contribution in [1.29, 1.82) is 0 Å². The molecule has 2 aliphatic heterocycles. The first kappa shape index (κ1) is 14.3. The third kappa shape index (κ3) is 2.02. The van der Waals surface area contributed by atoms with Gasteiger partial charge in [0, 0.05) is 11.5 Å². The van der Waals surface area contributed by atoms with Gasteiger partial charge < -0.3 is 9.64 Å². The molecule has 2 heterocycles. The quantitative estimate of drug-likeness (QED) is 0.787. The fourth-order valence-corrected chi connectivity index (χ4v) is 4.88. The second kappa shape index (κ2) is 5.38. The van der Waals surface area contributed by atoms with Crippen molar-refractivity contribution >= 4 is 5.91 Å². The number of benzene rings is 1. The van der Waals surface area contributed by atoms with Crippen LogP contribution in [0.1, 0.15) is 57.2 Å². The highest BCUT2D eigenvalue weighted by Crippen LogP contribution is 2.53. The molecule has 3 heteroatoms. The lowest BCUT2D eigenvalue weighted by Gasteiger charge is -2.34. The van der Waals surface area contributed by atoms with Crippen LogP contribution in [0.15, 0.2) is 30.3 Å². The number of rotatable bonds is 1. The molecule has 1 saturated carbocycles. The van der Waals surface area contributed by atoms with Gasteiger partial charge in [-0.25, -0.2) is 0 Å². The van der Waals surface area contributed by atoms with Gasteiger partial charge in [0.2, 0.25) is 5.91 Å². The molecule has 0 N–H and O–H groups in total. The zero-order chi connectivity index (χ0) is 15.2. The van der Waals surface area contributed by atoms with Crippen LogP contribution in [0.4, 0.5) is 0 Å². The molecule has 4 rings (SSSR count). The van der Waals surface area contributed by atoms with Crippen LogP contribution in [0, 0.1) is 11.8 Å². The summed E-state index contributed by atoms with van der Waals surface area (Å²) < 4.78 is 6.11. The molecular formula is C19H25NO2. The Kier molecular flexibility index (Phi) is 3.48. The molecule has 0 bridgehead atoms. The minimum Gasteiger partial charge on any atom is -0.351 e. The number of hydrogen-bond donors (Lipinski definition) is 0. The van der Waals surface area contributed by atoms with Gasteiger partial charge in [0.15, 0.2) is 6.23 Å². The predicted octanol–water partition coefficient (Wildman–Crippen LogP) is 3.90. The highest BCUT2D eigenvalue weighted by Gasteiger charge is 2.61. The highest BCUT2D eigenvalue weighted by molar-refractivity contribution is 5.83. The van der Waals surface area contributed by atoms with Crippen molar-refractivity contribution in [2.75, 3.05) is 6.61 Å². The summed E-state index contributed by atoms with van der Waals surface area (Å²) in [4.78, 5) is 15.2. The van der Waals surface area contributed by atoms with E-state index in [4.69, 9.17) is 4.74 Å². The average molecular weight is 299 g/mol. The minimum absolute atomic E-state index is 0.112. The summed E-state index contributed by atoms with van der Waals surface area (Å²) in [6, 6.07) is 10.2. The van der Waals surface area contributed by atoms with E-state index in [9.17, 15) is 4.79 Å². The van der Waals surface area contributed by atoms with Crippen molar-refractivity contribution in [2.24, 2.45) is 11.8 Å². The van der Waals surface area contributed by atoms with Crippen LogP contribution >= 0.6 is 0 Å². The summed E-state index contributed by atoms with van der Waals surface area (Å²) in [6.07, 6.45) is 7.11. The number of fused-ring (bicyclic) bond motifs is 3. The number of carbonyl (C=O) groups is 1. The Morgan fingerprint density at radius 2 is 1.82 bits per heavy atom. The molecule has 22 heavy (non-hydrogen) atoms. The molecule has 0 spiro atoms. The standard InChI is InChI=1S/C19H25NO2/c1-19-13-22-18(14-9-5-4-6-10-14)20(19)17(21)15-11-7-2-3-8-12-16(15)19/h4-6,9-10,15-16,18H,2-3,7-8,11-13H2,1H3/t15?,16?,18-,19-/m0/s1. The monoisotopic (exact) mass is 299 g/mol. The second-order valence-electron chi connectivity index (χ2n) is 7.34. The molecule has 1 aromatic carbocycles. The van der Waals surface area contributed by atoms with Crippen LogP contribution in [0.5, 0.6) is 0 Å². The van der Waals surface area contributed by atoms with Crippen LogP contribution in [0.2, 0.25) is 0 Å². The predicted molar refractivity (Wildman–Crippen MR) is 85.1 cm³/mol. The van der Waals surface area contributed by atoms with Gasteiger partial charge in [0.05, 0.1) is 12.1 Å². The maximum atomic E-state index is 13.1. The van der Waals surface area contributed by atoms with Crippen molar-refractivity contribution in [3.63, 3.8) is 0 Å². The van der Waals surface area contributed by atoms with E-state index in [2.05, 4.69) is 24.0 Å². The molecule has 1 aliphatic carbocycles. The van der Waals surface area contributed by atoms with E-state index in [0.29, 0.717) is 18.4 Å². The molecule has 1 amide bonds. The van der Waals surface area contributed by atoms with Crippen LogP contribution in [0.3, 0.4) is 0 Å². The fourth-order valence-electron chi connectivity index (χ4n) is 4.88. The number of ether oxygens (including phenoxy) is 1. The average Bonchev–Trinajstić information content (AvgIpc) is 2.94. The van der Waals surface area contributed by atoms with E-state index in [1.165, 1.54) is 32.1 Å². The smallest absolute Gasteiger partial charge is 0.228 e. The van der Waals surface area contributed by atoms with Crippen molar-refractivity contribution in [1.82, 2.24) is 4.90 Å². The van der Waals surface area contributed by atoms with Gasteiger partial charge in [-0.15, -0.1) is 0 Å². The summed E-state index contributed by atoms with van der Waals surface area (Å²) in [7, 11) is 0. The van der Waals surface area contributed by atoms with Crippen molar-refractivity contribution in [2.45, 2.75) is 57.2 Å². The van der Waals surface area contributed by atoms with Crippen LogP contribution in [0.25, 0.3) is 0 Å². The third-order valence-electron chi connectivity index (χ3n) is 6.02. The summed E-state index contributed by atoms with van der Waals surface area (Å²) in [6.45, 7) is 2.93. The SMILES string of the molecule is C[C@@]12CO[C@@H](c3ccccc3)N1C(=O)C1CCCCCCC12. The van der Waals surface area contributed by atoms with Crippen molar-refractivity contribution < 1.29 is 9.53 Å². The maximum absolute atomic E-state index is 13.1. The number of amides is 1. The molecule has 3 aliphatic rings. The van der Waals surface area contributed by atoms with E-state index in [0.717, 1.165) is 12.0 Å². The normalized spacial score (nSPS) is 38.3. The van der Waals surface area contributed by atoms with Gasteiger partial charge in [-0.2, -0.15) is 0 Å². The van der Waals surface area contributed by atoms with Gasteiger partial charge in [-0.1, -0.05) is 56.0 Å². The first-order chi connectivity index (χ1) is 10.7. The molecule has 3 fully saturated rings. The number of hydrogen-bond acceptors (Lipinski definition) is 2. The molecule has 2 unspecified atom stereocenters. The molecule has 4 atom stereocenters. The summed E-state index contributed by atoms with van der Waals surface area (Å²) in [5.41, 5.74) is 0.994. The Morgan fingerprint density at radius 1 is 1.09 bits per heavy atom. The fraction of sp³-hybridized carbons (Fsp3) is 0.632. The summed E-state index contributed by atoms with van der Waals surface area (Å²) >= 11 is 0. The zero-order valence-corrected chi connectivity index (χ0v) is 13.3. The van der Waals surface area contributed by atoms with Crippen LogP contribution in [-0.2, 0) is 9.53 Å². The maximum Gasteiger partial charge on any atom is 0.228 e. The lowest BCUT2D eigenvalue weighted by molar-refractivity contribution is -0.138. The van der Waals surface area contributed by atoms with E-state index in [1.54, 1.807) is 0 Å². The summed E-state index contributed by atoms with van der Waals surface area (Å²) in [5.74, 6) is 1.02. The van der Waals surface area contributed by atoms with E-state index >= 15 is 0 Å². The van der Waals surface area contributed by atoms with Gasteiger partial charge in [-0.05, 0) is 25.7 Å². The Morgan fingerprint density at radius 3 is 2.59 bits per heavy atom. The molecule has 0 radical (unpaired) electrons. The molecule has 2 saturated heterocycles. The van der Waals surface area contributed by atoms with Gasteiger partial charge in [0.25, 0.3) is 0 Å².